The maximum Gasteiger partial charge on any atom is 0.150 e. The first-order valence-corrected chi connectivity index (χ1v) is 4.18. The van der Waals surface area contributed by atoms with Crippen LogP contribution in [-0.4, -0.2) is 19.9 Å². The summed E-state index contributed by atoms with van der Waals surface area (Å²) in [6.45, 7) is 9.79. The van der Waals surface area contributed by atoms with Gasteiger partial charge in [0.15, 0.2) is 0 Å². The highest BCUT2D eigenvalue weighted by atomic mass is 16.5. The van der Waals surface area contributed by atoms with E-state index in [1.807, 2.05) is 0 Å². The van der Waals surface area contributed by atoms with Crippen molar-refractivity contribution < 1.29 is 4.74 Å². The molecule has 0 radical (unpaired) electrons. The van der Waals surface area contributed by atoms with Crippen LogP contribution in [0.25, 0.3) is 0 Å². The number of hydrogen-bond acceptors (Lipinski definition) is 1. The second-order valence-electron chi connectivity index (χ2n) is 4.25. The van der Waals surface area contributed by atoms with E-state index in [9.17, 15) is 0 Å². The van der Waals surface area contributed by atoms with Gasteiger partial charge in [0.05, 0.1) is 0 Å². The van der Waals surface area contributed by atoms with Crippen LogP contribution in [0.5, 0.6) is 0 Å². The molecule has 0 spiro atoms. The summed E-state index contributed by atoms with van der Waals surface area (Å²) in [6, 6.07) is 0. The van der Waals surface area contributed by atoms with Gasteiger partial charge in [-0.15, -0.1) is 0 Å². The molecule has 1 saturated heterocycles. The lowest BCUT2D eigenvalue weighted by atomic mass is 9.31. The van der Waals surface area contributed by atoms with Crippen molar-refractivity contribution in [3.05, 3.63) is 0 Å². The predicted molar refractivity (Wildman–Crippen MR) is 45.9 cm³/mol. The summed E-state index contributed by atoms with van der Waals surface area (Å²) >= 11 is 0. The predicted octanol–water partition coefficient (Wildman–Crippen LogP) is 2.31. The Morgan fingerprint density at radius 3 is 1.90 bits per heavy atom. The molecule has 0 aliphatic carbocycles. The monoisotopic (exact) mass is 140 g/mol. The van der Waals surface area contributed by atoms with Crippen LogP contribution >= 0.6 is 0 Å². The Kier molecular flexibility index (Phi) is 2.40. The lowest BCUT2D eigenvalue weighted by Crippen LogP contribution is -2.31. The van der Waals surface area contributed by atoms with Crippen molar-refractivity contribution in [3.8, 4) is 0 Å². The number of rotatable bonds is 0. The summed E-state index contributed by atoms with van der Waals surface area (Å²) < 4.78 is 5.29. The molecule has 0 saturated carbocycles. The van der Waals surface area contributed by atoms with Crippen molar-refractivity contribution in [2.24, 2.45) is 0 Å². The summed E-state index contributed by atoms with van der Waals surface area (Å²) in [5, 5.41) is 0.490. The topological polar surface area (TPSA) is 9.23 Å². The molecule has 0 bridgehead atoms. The van der Waals surface area contributed by atoms with Crippen LogP contribution in [0.3, 0.4) is 0 Å². The minimum Gasteiger partial charge on any atom is -0.383 e. The van der Waals surface area contributed by atoms with Gasteiger partial charge in [-0.25, -0.2) is 0 Å². The minimum absolute atomic E-state index is 0.490. The third-order valence-corrected chi connectivity index (χ3v) is 2.45. The Balaban J connectivity index is 2.39. The summed E-state index contributed by atoms with van der Waals surface area (Å²) in [5.41, 5.74) is 0. The molecule has 0 aromatic carbocycles. The Bertz CT molecular complexity index is 100. The van der Waals surface area contributed by atoms with Crippen molar-refractivity contribution in [2.45, 2.75) is 38.7 Å². The molecule has 1 aliphatic rings. The second-order valence-corrected chi connectivity index (χ2v) is 4.25. The molecule has 1 nitrogen and oxygen atoms in total. The molecule has 0 aromatic rings. The SMILES string of the molecule is CC(C)(C)B1CCOCC1. The fourth-order valence-corrected chi connectivity index (χ4v) is 1.56. The zero-order valence-electron chi connectivity index (χ0n) is 7.31. The number of hydrogen-bond donors (Lipinski definition) is 0. The standard InChI is InChI=1S/C8H17BO/c1-8(2,3)9-4-6-10-7-5-9/h4-7H2,1-3H3. The van der Waals surface area contributed by atoms with Gasteiger partial charge >= 0.3 is 0 Å². The van der Waals surface area contributed by atoms with Gasteiger partial charge in [-0.1, -0.05) is 26.1 Å². The van der Waals surface area contributed by atoms with E-state index < -0.39 is 0 Å². The number of ether oxygens (including phenoxy) is 1. The van der Waals surface area contributed by atoms with Crippen molar-refractivity contribution in [2.75, 3.05) is 13.2 Å². The molecule has 0 atom stereocenters. The zero-order chi connectivity index (χ0) is 7.61. The lowest BCUT2D eigenvalue weighted by molar-refractivity contribution is 0.149. The van der Waals surface area contributed by atoms with Crippen molar-refractivity contribution in [1.82, 2.24) is 0 Å². The smallest absolute Gasteiger partial charge is 0.150 e. The van der Waals surface area contributed by atoms with Gasteiger partial charge in [0, 0.05) is 13.2 Å². The first kappa shape index (κ1) is 8.12. The molecule has 1 aliphatic heterocycles. The average Bonchev–Trinajstić information content (AvgIpc) is 1.88. The Labute approximate surface area is 64.2 Å². The van der Waals surface area contributed by atoms with Gasteiger partial charge in [-0.05, 0) is 12.6 Å². The van der Waals surface area contributed by atoms with Crippen LogP contribution in [0.1, 0.15) is 20.8 Å². The Hall–Kier alpha value is 0.0249. The molecule has 2 heteroatoms. The van der Waals surface area contributed by atoms with Gasteiger partial charge in [0.25, 0.3) is 0 Å². The van der Waals surface area contributed by atoms with E-state index in [-0.39, 0.29) is 0 Å². The molecule has 0 amide bonds. The van der Waals surface area contributed by atoms with E-state index in [1.54, 1.807) is 0 Å². The van der Waals surface area contributed by atoms with E-state index >= 15 is 0 Å². The normalized spacial score (nSPS) is 21.3. The second kappa shape index (κ2) is 2.95. The molecular weight excluding hydrogens is 123 g/mol. The highest BCUT2D eigenvalue weighted by Gasteiger charge is 2.29. The zero-order valence-corrected chi connectivity index (χ0v) is 7.31. The first-order valence-electron chi connectivity index (χ1n) is 4.18. The molecule has 10 heavy (non-hydrogen) atoms. The molecule has 0 aromatic heterocycles. The molecule has 0 N–H and O–H groups in total. The highest BCUT2D eigenvalue weighted by molar-refractivity contribution is 6.62. The van der Waals surface area contributed by atoms with E-state index in [2.05, 4.69) is 20.8 Å². The molecule has 1 heterocycles. The highest BCUT2D eigenvalue weighted by Crippen LogP contribution is 2.32. The van der Waals surface area contributed by atoms with Gasteiger partial charge < -0.3 is 4.74 Å². The van der Waals surface area contributed by atoms with Crippen LogP contribution in [0.4, 0.5) is 0 Å². The van der Waals surface area contributed by atoms with Crippen LogP contribution in [0, 0.1) is 0 Å². The molecule has 58 valence electrons. The van der Waals surface area contributed by atoms with Crippen molar-refractivity contribution in [1.29, 1.82) is 0 Å². The van der Waals surface area contributed by atoms with Gasteiger partial charge in [0.2, 0.25) is 0 Å². The summed E-state index contributed by atoms with van der Waals surface area (Å²) in [4.78, 5) is 0. The van der Waals surface area contributed by atoms with Crippen molar-refractivity contribution >= 4 is 6.71 Å². The minimum atomic E-state index is 0.490. The summed E-state index contributed by atoms with van der Waals surface area (Å²) in [5.74, 6) is 0. The third-order valence-electron chi connectivity index (χ3n) is 2.45. The Morgan fingerprint density at radius 2 is 1.60 bits per heavy atom. The van der Waals surface area contributed by atoms with E-state index in [1.165, 1.54) is 12.6 Å². The third kappa shape index (κ3) is 2.01. The summed E-state index contributed by atoms with van der Waals surface area (Å²) in [6.07, 6.45) is 2.51. The van der Waals surface area contributed by atoms with Crippen LogP contribution in [0.15, 0.2) is 0 Å². The van der Waals surface area contributed by atoms with Crippen LogP contribution < -0.4 is 0 Å². The van der Waals surface area contributed by atoms with Gasteiger partial charge in [-0.2, -0.15) is 0 Å². The lowest BCUT2D eigenvalue weighted by Gasteiger charge is -2.30. The largest absolute Gasteiger partial charge is 0.383 e. The quantitative estimate of drug-likeness (QED) is 0.469. The molecule has 0 unspecified atom stereocenters. The maximum atomic E-state index is 5.29. The molecule has 1 fully saturated rings. The van der Waals surface area contributed by atoms with E-state index in [0.29, 0.717) is 5.31 Å². The van der Waals surface area contributed by atoms with Crippen molar-refractivity contribution in [3.63, 3.8) is 0 Å². The first-order chi connectivity index (χ1) is 4.61. The van der Waals surface area contributed by atoms with Crippen LogP contribution in [0.2, 0.25) is 18.0 Å². The van der Waals surface area contributed by atoms with Gasteiger partial charge in [0.1, 0.15) is 6.71 Å². The Morgan fingerprint density at radius 1 is 1.10 bits per heavy atom. The van der Waals surface area contributed by atoms with E-state index in [4.69, 9.17) is 4.74 Å². The molecule has 1 rings (SSSR count). The fourth-order valence-electron chi connectivity index (χ4n) is 1.56. The van der Waals surface area contributed by atoms with E-state index in [0.717, 1.165) is 19.9 Å². The van der Waals surface area contributed by atoms with Gasteiger partial charge in [-0.3, -0.25) is 0 Å². The maximum absolute atomic E-state index is 5.29. The molecular formula is C8H17BO. The van der Waals surface area contributed by atoms with Crippen LogP contribution in [-0.2, 0) is 4.74 Å². The fraction of sp³-hybridized carbons (Fsp3) is 1.00. The average molecular weight is 140 g/mol. The summed E-state index contributed by atoms with van der Waals surface area (Å²) in [7, 11) is 0.